The first-order chi connectivity index (χ1) is 13.1. The number of hydrogen-bond donors (Lipinski definition) is 2. The molecule has 3 amide bonds. The van der Waals surface area contributed by atoms with Crippen molar-refractivity contribution in [3.63, 3.8) is 0 Å². The van der Waals surface area contributed by atoms with Crippen molar-refractivity contribution < 1.29 is 23.9 Å². The Morgan fingerprint density at radius 2 is 2.00 bits per heavy atom. The Morgan fingerprint density at radius 1 is 1.32 bits per heavy atom. The van der Waals surface area contributed by atoms with Gasteiger partial charge in [-0.25, -0.2) is 4.79 Å². The average molecular weight is 393 g/mol. The van der Waals surface area contributed by atoms with E-state index in [1.54, 1.807) is 26.8 Å². The second-order valence-corrected chi connectivity index (χ2v) is 7.51. The van der Waals surface area contributed by atoms with Gasteiger partial charge in [0.2, 0.25) is 11.8 Å². The molecule has 0 saturated carbocycles. The molecule has 1 rings (SSSR count). The smallest absolute Gasteiger partial charge is 0.414 e. The number of aldehydes is 1. The Morgan fingerprint density at radius 3 is 2.50 bits per heavy atom. The first-order valence-electron chi connectivity index (χ1n) is 9.59. The highest BCUT2D eigenvalue weighted by molar-refractivity contribution is 6.00. The van der Waals surface area contributed by atoms with Gasteiger partial charge in [0.1, 0.15) is 17.3 Å². The molecule has 1 heterocycles. The van der Waals surface area contributed by atoms with E-state index < -0.39 is 23.6 Å². The highest BCUT2D eigenvalue weighted by Crippen LogP contribution is 2.17. The SMILES string of the molecule is CC/C=C\C(NC1CCC(=O)NC1=O)=C(\C=O)N(CCC)C(=O)OC(C)(C)C. The van der Waals surface area contributed by atoms with Crippen molar-refractivity contribution in [1.29, 1.82) is 0 Å². The third-order valence-corrected chi connectivity index (χ3v) is 3.83. The molecule has 1 aliphatic heterocycles. The molecule has 0 radical (unpaired) electrons. The van der Waals surface area contributed by atoms with Crippen LogP contribution in [0.4, 0.5) is 4.79 Å². The highest BCUT2D eigenvalue weighted by atomic mass is 16.6. The number of nitrogens with one attached hydrogen (secondary N) is 2. The van der Waals surface area contributed by atoms with Gasteiger partial charge in [-0.15, -0.1) is 0 Å². The summed E-state index contributed by atoms with van der Waals surface area (Å²) in [4.78, 5) is 49.3. The van der Waals surface area contributed by atoms with Crippen LogP contribution in [0.15, 0.2) is 23.5 Å². The number of amides is 3. The van der Waals surface area contributed by atoms with Crippen molar-refractivity contribution in [2.45, 2.75) is 71.9 Å². The van der Waals surface area contributed by atoms with E-state index in [1.807, 2.05) is 19.9 Å². The van der Waals surface area contributed by atoms with Crippen LogP contribution in [0.25, 0.3) is 0 Å². The predicted octanol–water partition coefficient (Wildman–Crippen LogP) is 2.41. The van der Waals surface area contributed by atoms with Crippen LogP contribution in [0.5, 0.6) is 0 Å². The number of ether oxygens (including phenoxy) is 1. The topological polar surface area (TPSA) is 105 Å². The standard InChI is InChI=1S/C20H31N3O5/c1-6-8-9-14(21-15-10-11-17(25)22-18(15)26)16(13-24)23(12-7-2)19(27)28-20(3,4)5/h8-9,13,15,21H,6-7,10-12H2,1-5H3,(H,22,25,26)/b9-8-,16-14+. The number of rotatable bonds is 8. The summed E-state index contributed by atoms with van der Waals surface area (Å²) < 4.78 is 5.43. The Labute approximate surface area is 166 Å². The summed E-state index contributed by atoms with van der Waals surface area (Å²) in [6.45, 7) is 9.34. The van der Waals surface area contributed by atoms with Gasteiger partial charge in [0, 0.05) is 13.0 Å². The molecule has 8 heteroatoms. The molecule has 1 fully saturated rings. The van der Waals surface area contributed by atoms with E-state index in [1.165, 1.54) is 4.90 Å². The molecule has 156 valence electrons. The van der Waals surface area contributed by atoms with Crippen LogP contribution >= 0.6 is 0 Å². The fraction of sp³-hybridized carbons (Fsp3) is 0.600. The lowest BCUT2D eigenvalue weighted by Crippen LogP contribution is -2.51. The summed E-state index contributed by atoms with van der Waals surface area (Å²) in [7, 11) is 0. The van der Waals surface area contributed by atoms with Gasteiger partial charge < -0.3 is 10.1 Å². The van der Waals surface area contributed by atoms with Gasteiger partial charge in [-0.2, -0.15) is 0 Å². The maximum atomic E-state index is 12.7. The van der Waals surface area contributed by atoms with Crippen LogP contribution in [-0.4, -0.2) is 47.3 Å². The van der Waals surface area contributed by atoms with Crippen LogP contribution in [0, 0.1) is 0 Å². The minimum Gasteiger partial charge on any atom is -0.443 e. The van der Waals surface area contributed by atoms with Crippen LogP contribution in [-0.2, 0) is 19.1 Å². The van der Waals surface area contributed by atoms with Gasteiger partial charge >= 0.3 is 6.09 Å². The zero-order chi connectivity index (χ0) is 21.3. The minimum atomic E-state index is -0.715. The van der Waals surface area contributed by atoms with Crippen molar-refractivity contribution in [2.24, 2.45) is 0 Å². The first kappa shape index (κ1) is 23.4. The lowest BCUT2D eigenvalue weighted by Gasteiger charge is -2.29. The zero-order valence-corrected chi connectivity index (χ0v) is 17.3. The number of piperidine rings is 1. The van der Waals surface area contributed by atoms with Crippen molar-refractivity contribution in [3.8, 4) is 0 Å². The molecular weight excluding hydrogens is 362 g/mol. The molecular formula is C20H31N3O5. The molecule has 2 N–H and O–H groups in total. The highest BCUT2D eigenvalue weighted by Gasteiger charge is 2.30. The molecule has 1 saturated heterocycles. The number of carbonyl (C=O) groups is 4. The molecule has 1 aliphatic rings. The summed E-state index contributed by atoms with van der Waals surface area (Å²) in [5, 5.41) is 5.29. The Bertz CT molecular complexity index is 661. The van der Waals surface area contributed by atoms with E-state index in [4.69, 9.17) is 4.74 Å². The molecule has 28 heavy (non-hydrogen) atoms. The maximum absolute atomic E-state index is 12.7. The van der Waals surface area contributed by atoms with Crippen LogP contribution in [0.3, 0.4) is 0 Å². The number of nitrogens with zero attached hydrogens (tertiary/aromatic N) is 1. The van der Waals surface area contributed by atoms with E-state index in [2.05, 4.69) is 10.6 Å². The average Bonchev–Trinajstić information content (AvgIpc) is 2.59. The van der Waals surface area contributed by atoms with Gasteiger partial charge in [-0.1, -0.05) is 19.9 Å². The van der Waals surface area contributed by atoms with Crippen LogP contribution in [0.1, 0.15) is 60.3 Å². The number of imide groups is 1. The van der Waals surface area contributed by atoms with Gasteiger partial charge in [0.25, 0.3) is 0 Å². The fourth-order valence-electron chi connectivity index (χ4n) is 2.59. The number of carbonyl (C=O) groups excluding carboxylic acids is 4. The second kappa shape index (κ2) is 10.6. The molecule has 1 atom stereocenters. The van der Waals surface area contributed by atoms with Crippen LogP contribution < -0.4 is 10.6 Å². The molecule has 8 nitrogen and oxygen atoms in total. The maximum Gasteiger partial charge on any atom is 0.414 e. The summed E-state index contributed by atoms with van der Waals surface area (Å²) in [5.74, 6) is -0.780. The summed E-state index contributed by atoms with van der Waals surface area (Å²) in [5.41, 5.74) is -0.288. The van der Waals surface area contributed by atoms with E-state index in [9.17, 15) is 19.2 Å². The fourth-order valence-corrected chi connectivity index (χ4v) is 2.59. The Kier molecular flexibility index (Phi) is 8.88. The van der Waals surface area contributed by atoms with Crippen molar-refractivity contribution in [3.05, 3.63) is 23.5 Å². The van der Waals surface area contributed by atoms with Gasteiger partial charge in [0.15, 0.2) is 6.29 Å². The largest absolute Gasteiger partial charge is 0.443 e. The number of allylic oxidation sites excluding steroid dienone is 3. The minimum absolute atomic E-state index is 0.0884. The van der Waals surface area contributed by atoms with Crippen molar-refractivity contribution >= 4 is 24.2 Å². The van der Waals surface area contributed by atoms with Gasteiger partial charge in [-0.05, 0) is 46.1 Å². The van der Waals surface area contributed by atoms with Gasteiger partial charge in [0.05, 0.1) is 5.70 Å². The van der Waals surface area contributed by atoms with Crippen molar-refractivity contribution in [2.75, 3.05) is 6.54 Å². The summed E-state index contributed by atoms with van der Waals surface area (Å²) in [6.07, 6.45) is 5.25. The van der Waals surface area contributed by atoms with E-state index in [0.29, 0.717) is 31.2 Å². The lowest BCUT2D eigenvalue weighted by molar-refractivity contribution is -0.134. The normalized spacial score (nSPS) is 18.4. The van der Waals surface area contributed by atoms with E-state index in [0.717, 1.165) is 0 Å². The molecule has 0 aromatic carbocycles. The lowest BCUT2D eigenvalue weighted by atomic mass is 10.1. The summed E-state index contributed by atoms with van der Waals surface area (Å²) >= 11 is 0. The third-order valence-electron chi connectivity index (χ3n) is 3.83. The zero-order valence-electron chi connectivity index (χ0n) is 17.3. The number of hydrogen-bond acceptors (Lipinski definition) is 6. The monoisotopic (exact) mass is 393 g/mol. The van der Waals surface area contributed by atoms with Crippen LogP contribution in [0.2, 0.25) is 0 Å². The second-order valence-electron chi connectivity index (χ2n) is 7.51. The molecule has 1 unspecified atom stereocenters. The molecule has 0 spiro atoms. The first-order valence-corrected chi connectivity index (χ1v) is 9.59. The van der Waals surface area contributed by atoms with E-state index in [-0.39, 0.29) is 24.6 Å². The molecule has 0 aromatic heterocycles. The molecule has 0 aromatic rings. The van der Waals surface area contributed by atoms with E-state index >= 15 is 0 Å². The molecule has 0 aliphatic carbocycles. The Balaban J connectivity index is 3.28. The Hall–Kier alpha value is -2.64. The predicted molar refractivity (Wildman–Crippen MR) is 105 cm³/mol. The quantitative estimate of drug-likeness (QED) is 0.284. The molecule has 0 bridgehead atoms. The van der Waals surface area contributed by atoms with Crippen molar-refractivity contribution in [1.82, 2.24) is 15.5 Å². The van der Waals surface area contributed by atoms with Gasteiger partial charge in [-0.3, -0.25) is 24.6 Å². The third kappa shape index (κ3) is 7.17. The summed E-state index contributed by atoms with van der Waals surface area (Å²) in [6, 6.07) is -0.675.